The average Bonchev–Trinajstić information content (AvgIpc) is 2.80. The molecule has 1 aromatic heterocycles. The molecule has 0 saturated heterocycles. The minimum absolute atomic E-state index is 0.175. The molecule has 0 aromatic carbocycles. The maximum atomic E-state index is 11.2. The highest BCUT2D eigenvalue weighted by Gasteiger charge is 2.20. The fourth-order valence-electron chi connectivity index (χ4n) is 2.11. The molecule has 0 saturated carbocycles. The van der Waals surface area contributed by atoms with Gasteiger partial charge in [-0.2, -0.15) is 0 Å². The van der Waals surface area contributed by atoms with Gasteiger partial charge in [-0.05, 0) is 43.7 Å². The van der Waals surface area contributed by atoms with Crippen LogP contribution in [-0.2, 0) is 12.8 Å². The van der Waals surface area contributed by atoms with Crippen molar-refractivity contribution >= 4 is 5.97 Å². The molecule has 0 radical (unpaired) electrons. The number of fused-ring (bicyclic) bond motifs is 1. The molecule has 1 aliphatic carbocycles. The smallest absolute Gasteiger partial charge is 0.341 e. The van der Waals surface area contributed by atoms with E-state index in [1.165, 1.54) is 0 Å². The molecule has 18 heavy (non-hydrogen) atoms. The first-order valence-corrected chi connectivity index (χ1v) is 6.22. The Hall–Kier alpha value is -1.84. The zero-order valence-electron chi connectivity index (χ0n) is 10.3. The summed E-state index contributed by atoms with van der Waals surface area (Å²) in [6, 6.07) is 1.71. The first-order valence-electron chi connectivity index (χ1n) is 6.22. The van der Waals surface area contributed by atoms with Crippen molar-refractivity contribution in [2.75, 3.05) is 6.61 Å². The quantitative estimate of drug-likeness (QED) is 0.620. The van der Waals surface area contributed by atoms with Crippen LogP contribution < -0.4 is 4.74 Å². The number of nitrogens with zero attached hydrogens (tertiary/aromatic N) is 1. The van der Waals surface area contributed by atoms with Crippen molar-refractivity contribution in [3.05, 3.63) is 35.5 Å². The van der Waals surface area contributed by atoms with Gasteiger partial charge in [0.2, 0.25) is 5.88 Å². The predicted molar refractivity (Wildman–Crippen MR) is 68.1 cm³/mol. The number of carbonyl (C=O) groups is 1. The van der Waals surface area contributed by atoms with Gasteiger partial charge in [0.05, 0.1) is 6.61 Å². The van der Waals surface area contributed by atoms with E-state index >= 15 is 0 Å². The first-order chi connectivity index (χ1) is 8.72. The number of rotatable bonds is 6. The van der Waals surface area contributed by atoms with Crippen LogP contribution in [0.1, 0.15) is 40.9 Å². The maximum absolute atomic E-state index is 11.2. The highest BCUT2D eigenvalue weighted by atomic mass is 16.5. The Labute approximate surface area is 106 Å². The molecule has 0 bridgehead atoms. The molecule has 1 heterocycles. The third-order valence-corrected chi connectivity index (χ3v) is 3.04. The van der Waals surface area contributed by atoms with E-state index in [9.17, 15) is 4.79 Å². The Bertz CT molecular complexity index is 468. The van der Waals surface area contributed by atoms with Crippen LogP contribution in [0, 0.1) is 0 Å². The van der Waals surface area contributed by atoms with Crippen molar-refractivity contribution in [3.63, 3.8) is 0 Å². The molecule has 0 fully saturated rings. The van der Waals surface area contributed by atoms with Crippen LogP contribution in [0.3, 0.4) is 0 Å². The summed E-state index contributed by atoms with van der Waals surface area (Å²) < 4.78 is 5.49. The lowest BCUT2D eigenvalue weighted by Crippen LogP contribution is -2.08. The second-order valence-electron chi connectivity index (χ2n) is 4.38. The number of aromatic carboxylic acids is 1. The fraction of sp³-hybridized carbons (Fsp3) is 0.429. The van der Waals surface area contributed by atoms with Crippen molar-refractivity contribution in [3.8, 4) is 5.88 Å². The Morgan fingerprint density at radius 1 is 1.56 bits per heavy atom. The summed E-state index contributed by atoms with van der Waals surface area (Å²) in [4.78, 5) is 15.5. The SMILES string of the molecule is C=CCCCOc1nc2c(cc1C(=O)O)CCC2. The number of ether oxygens (including phenoxy) is 1. The van der Waals surface area contributed by atoms with Gasteiger partial charge in [0.1, 0.15) is 5.56 Å². The van der Waals surface area contributed by atoms with Crippen LogP contribution in [0.4, 0.5) is 0 Å². The van der Waals surface area contributed by atoms with Crippen molar-refractivity contribution < 1.29 is 14.6 Å². The second kappa shape index (κ2) is 5.67. The molecule has 4 nitrogen and oxygen atoms in total. The van der Waals surface area contributed by atoms with Crippen LogP contribution in [0.15, 0.2) is 18.7 Å². The molecule has 1 N–H and O–H groups in total. The number of allylic oxidation sites excluding steroid dienone is 1. The summed E-state index contributed by atoms with van der Waals surface area (Å²) in [6.45, 7) is 4.10. The van der Waals surface area contributed by atoms with Crippen LogP contribution in [0.5, 0.6) is 5.88 Å². The summed E-state index contributed by atoms with van der Waals surface area (Å²) in [7, 11) is 0. The summed E-state index contributed by atoms with van der Waals surface area (Å²) in [5, 5.41) is 9.16. The lowest BCUT2D eigenvalue weighted by Gasteiger charge is -2.10. The van der Waals surface area contributed by atoms with Gasteiger partial charge >= 0.3 is 5.97 Å². The average molecular weight is 247 g/mol. The normalized spacial score (nSPS) is 13.1. The van der Waals surface area contributed by atoms with E-state index in [0.29, 0.717) is 6.61 Å². The van der Waals surface area contributed by atoms with E-state index in [2.05, 4.69) is 11.6 Å². The third-order valence-electron chi connectivity index (χ3n) is 3.04. The molecule has 1 aromatic rings. The summed E-state index contributed by atoms with van der Waals surface area (Å²) in [6.07, 6.45) is 6.37. The van der Waals surface area contributed by atoms with Gasteiger partial charge in [-0.3, -0.25) is 0 Å². The second-order valence-corrected chi connectivity index (χ2v) is 4.38. The zero-order valence-corrected chi connectivity index (χ0v) is 10.3. The third kappa shape index (κ3) is 2.70. The van der Waals surface area contributed by atoms with Gasteiger partial charge in [0.25, 0.3) is 0 Å². The van der Waals surface area contributed by atoms with Crippen molar-refractivity contribution in [1.82, 2.24) is 4.98 Å². The monoisotopic (exact) mass is 247 g/mol. The number of pyridine rings is 1. The number of carboxylic acids is 1. The Morgan fingerprint density at radius 2 is 2.39 bits per heavy atom. The highest BCUT2D eigenvalue weighted by Crippen LogP contribution is 2.26. The van der Waals surface area contributed by atoms with Gasteiger partial charge < -0.3 is 9.84 Å². The molecule has 0 aliphatic heterocycles. The van der Waals surface area contributed by atoms with Crippen molar-refractivity contribution in [1.29, 1.82) is 0 Å². The Balaban J connectivity index is 2.16. The molecule has 0 unspecified atom stereocenters. The standard InChI is InChI=1S/C14H17NO3/c1-2-3-4-8-18-13-11(14(16)17)9-10-6-5-7-12(10)15-13/h2,9H,1,3-8H2,(H,16,17). The topological polar surface area (TPSA) is 59.4 Å². The lowest BCUT2D eigenvalue weighted by molar-refractivity contribution is 0.0691. The maximum Gasteiger partial charge on any atom is 0.341 e. The van der Waals surface area contributed by atoms with E-state index in [0.717, 1.165) is 43.4 Å². The van der Waals surface area contributed by atoms with Crippen molar-refractivity contribution in [2.24, 2.45) is 0 Å². The fourth-order valence-corrected chi connectivity index (χ4v) is 2.11. The molecule has 4 heteroatoms. The number of carboxylic acid groups (broad SMARTS) is 1. The van der Waals surface area contributed by atoms with Crippen LogP contribution in [0.2, 0.25) is 0 Å². The number of aryl methyl sites for hydroxylation is 2. The predicted octanol–water partition coefficient (Wildman–Crippen LogP) is 2.61. The van der Waals surface area contributed by atoms with E-state index in [1.807, 2.05) is 6.08 Å². The summed E-state index contributed by atoms with van der Waals surface area (Å²) in [5.74, 6) is -0.719. The van der Waals surface area contributed by atoms with Crippen LogP contribution in [0.25, 0.3) is 0 Å². The largest absolute Gasteiger partial charge is 0.477 e. The summed E-state index contributed by atoms with van der Waals surface area (Å²) in [5.41, 5.74) is 2.21. The molecular weight excluding hydrogens is 230 g/mol. The van der Waals surface area contributed by atoms with Gasteiger partial charge in [-0.1, -0.05) is 6.08 Å². The van der Waals surface area contributed by atoms with Crippen LogP contribution >= 0.6 is 0 Å². The van der Waals surface area contributed by atoms with E-state index < -0.39 is 5.97 Å². The number of hydrogen-bond donors (Lipinski definition) is 1. The van der Waals surface area contributed by atoms with Gasteiger partial charge in [-0.15, -0.1) is 6.58 Å². The molecule has 0 spiro atoms. The minimum Gasteiger partial charge on any atom is -0.477 e. The molecule has 1 aliphatic rings. The number of aromatic nitrogens is 1. The molecule has 96 valence electrons. The Morgan fingerprint density at radius 3 is 3.11 bits per heavy atom. The van der Waals surface area contributed by atoms with Gasteiger partial charge in [0, 0.05) is 5.69 Å². The number of hydrogen-bond acceptors (Lipinski definition) is 3. The molecular formula is C14H17NO3. The van der Waals surface area contributed by atoms with Crippen LogP contribution in [-0.4, -0.2) is 22.7 Å². The zero-order chi connectivity index (χ0) is 13.0. The molecule has 0 amide bonds. The Kier molecular flexibility index (Phi) is 3.97. The van der Waals surface area contributed by atoms with Gasteiger partial charge in [-0.25, -0.2) is 9.78 Å². The van der Waals surface area contributed by atoms with E-state index in [-0.39, 0.29) is 11.4 Å². The molecule has 0 atom stereocenters. The van der Waals surface area contributed by atoms with E-state index in [4.69, 9.17) is 9.84 Å². The molecule has 2 rings (SSSR count). The first kappa shape index (κ1) is 12.6. The summed E-state index contributed by atoms with van der Waals surface area (Å²) >= 11 is 0. The van der Waals surface area contributed by atoms with Gasteiger partial charge in [0.15, 0.2) is 0 Å². The minimum atomic E-state index is -0.976. The lowest BCUT2D eigenvalue weighted by atomic mass is 10.1. The van der Waals surface area contributed by atoms with Crippen molar-refractivity contribution in [2.45, 2.75) is 32.1 Å². The highest BCUT2D eigenvalue weighted by molar-refractivity contribution is 5.90. The number of unbranched alkanes of at least 4 members (excludes halogenated alkanes) is 1. The van der Waals surface area contributed by atoms with E-state index in [1.54, 1.807) is 6.07 Å².